The molecule has 2 atom stereocenters. The summed E-state index contributed by atoms with van der Waals surface area (Å²) in [7, 11) is 0. The molecule has 1 aliphatic rings. The third-order valence-corrected chi connectivity index (χ3v) is 4.67. The van der Waals surface area contributed by atoms with E-state index < -0.39 is 5.97 Å². The molecule has 0 radical (unpaired) electrons. The number of halogens is 1. The number of piperidine rings is 1. The third-order valence-electron chi connectivity index (χ3n) is 4.43. The Bertz CT molecular complexity index is 815. The van der Waals surface area contributed by atoms with Gasteiger partial charge in [0.05, 0.1) is 22.7 Å². The summed E-state index contributed by atoms with van der Waals surface area (Å²) in [5.74, 6) is -1.08. The van der Waals surface area contributed by atoms with Crippen molar-refractivity contribution in [2.24, 2.45) is 5.92 Å². The lowest BCUT2D eigenvalue weighted by Gasteiger charge is -2.38. The van der Waals surface area contributed by atoms with E-state index >= 15 is 0 Å². The van der Waals surface area contributed by atoms with Crippen LogP contribution in [0.5, 0.6) is 0 Å². The summed E-state index contributed by atoms with van der Waals surface area (Å²) in [4.78, 5) is 17.6. The highest BCUT2D eigenvalue weighted by Gasteiger charge is 2.31. The van der Waals surface area contributed by atoms with Crippen LogP contribution in [0.1, 0.15) is 25.3 Å². The average Bonchev–Trinajstić information content (AvgIpc) is 2.53. The van der Waals surface area contributed by atoms with Gasteiger partial charge in [-0.3, -0.25) is 9.78 Å². The first-order valence-corrected chi connectivity index (χ1v) is 7.87. The molecule has 23 heavy (non-hydrogen) atoms. The minimum absolute atomic E-state index is 0.0292. The van der Waals surface area contributed by atoms with Gasteiger partial charge in [-0.25, -0.2) is 0 Å². The highest BCUT2D eigenvalue weighted by molar-refractivity contribution is 6.31. The fourth-order valence-electron chi connectivity index (χ4n) is 3.27. The molecule has 3 rings (SSSR count). The third kappa shape index (κ3) is 2.82. The summed E-state index contributed by atoms with van der Waals surface area (Å²) in [6.45, 7) is 2.59. The molecule has 0 aliphatic carbocycles. The summed E-state index contributed by atoms with van der Waals surface area (Å²) < 4.78 is 0. The van der Waals surface area contributed by atoms with Gasteiger partial charge in [0.2, 0.25) is 0 Å². The van der Waals surface area contributed by atoms with Crippen LogP contribution < -0.4 is 4.90 Å². The molecule has 1 N–H and O–H groups in total. The SMILES string of the molecule is C[C@H]1C[C@@H](C(=O)O)CCN1c1c(C#N)cnc2ccc(Cl)cc12. The van der Waals surface area contributed by atoms with Gasteiger partial charge in [-0.15, -0.1) is 0 Å². The minimum Gasteiger partial charge on any atom is -0.481 e. The average molecular weight is 330 g/mol. The maximum Gasteiger partial charge on any atom is 0.306 e. The molecule has 5 nitrogen and oxygen atoms in total. The standard InChI is InChI=1S/C17H16ClN3O2/c1-10-6-11(17(22)23)4-5-21(10)16-12(8-19)9-20-15-3-2-13(18)7-14(15)16/h2-3,7,9-11H,4-6H2,1H3,(H,22,23)/t10-,11-/m0/s1. The van der Waals surface area contributed by atoms with Crippen LogP contribution in [0.4, 0.5) is 5.69 Å². The molecule has 2 heterocycles. The van der Waals surface area contributed by atoms with Crippen LogP contribution >= 0.6 is 11.6 Å². The Labute approximate surface area is 139 Å². The Morgan fingerprint density at radius 1 is 1.52 bits per heavy atom. The van der Waals surface area contributed by atoms with E-state index in [2.05, 4.69) is 16.0 Å². The molecule has 6 heteroatoms. The van der Waals surface area contributed by atoms with Gasteiger partial charge in [-0.2, -0.15) is 5.26 Å². The molecule has 2 aromatic rings. The van der Waals surface area contributed by atoms with E-state index in [4.69, 9.17) is 11.6 Å². The van der Waals surface area contributed by atoms with E-state index in [1.165, 1.54) is 0 Å². The summed E-state index contributed by atoms with van der Waals surface area (Å²) in [6.07, 6.45) is 2.70. The van der Waals surface area contributed by atoms with Crippen LogP contribution in [0.25, 0.3) is 10.9 Å². The molecular weight excluding hydrogens is 314 g/mol. The molecule has 1 saturated heterocycles. The van der Waals surface area contributed by atoms with Crippen molar-refractivity contribution in [2.75, 3.05) is 11.4 Å². The van der Waals surface area contributed by atoms with Crippen molar-refractivity contribution in [2.45, 2.75) is 25.8 Å². The first-order valence-electron chi connectivity index (χ1n) is 7.49. The Morgan fingerprint density at radius 3 is 2.96 bits per heavy atom. The second-order valence-electron chi connectivity index (χ2n) is 5.90. The number of pyridine rings is 1. The number of benzene rings is 1. The minimum atomic E-state index is -0.750. The Balaban J connectivity index is 2.10. The number of hydrogen-bond acceptors (Lipinski definition) is 4. The molecule has 1 aliphatic heterocycles. The predicted molar refractivity (Wildman–Crippen MR) is 88.6 cm³/mol. The van der Waals surface area contributed by atoms with Crippen molar-refractivity contribution in [3.05, 3.63) is 35.0 Å². The lowest BCUT2D eigenvalue weighted by atomic mass is 9.90. The van der Waals surface area contributed by atoms with Gasteiger partial charge >= 0.3 is 5.97 Å². The molecule has 0 spiro atoms. The first kappa shape index (κ1) is 15.6. The topological polar surface area (TPSA) is 77.2 Å². The molecule has 0 amide bonds. The number of fused-ring (bicyclic) bond motifs is 1. The maximum absolute atomic E-state index is 11.2. The zero-order valence-electron chi connectivity index (χ0n) is 12.7. The molecule has 118 valence electrons. The van der Waals surface area contributed by atoms with E-state index in [1.54, 1.807) is 12.3 Å². The fraction of sp³-hybridized carbons (Fsp3) is 0.353. The highest BCUT2D eigenvalue weighted by atomic mass is 35.5. The van der Waals surface area contributed by atoms with Gasteiger partial charge in [0.15, 0.2) is 0 Å². The van der Waals surface area contributed by atoms with Crippen LogP contribution in [-0.2, 0) is 4.79 Å². The van der Waals surface area contributed by atoms with Crippen LogP contribution in [0.3, 0.4) is 0 Å². The number of aliphatic carboxylic acids is 1. The van der Waals surface area contributed by atoms with Crippen molar-refractivity contribution < 1.29 is 9.90 Å². The largest absolute Gasteiger partial charge is 0.481 e. The number of hydrogen-bond donors (Lipinski definition) is 1. The van der Waals surface area contributed by atoms with Crippen molar-refractivity contribution in [1.29, 1.82) is 5.26 Å². The summed E-state index contributed by atoms with van der Waals surface area (Å²) in [6, 6.07) is 7.64. The second kappa shape index (κ2) is 6.05. The summed E-state index contributed by atoms with van der Waals surface area (Å²) >= 11 is 6.12. The van der Waals surface area contributed by atoms with Gasteiger partial charge < -0.3 is 10.0 Å². The lowest BCUT2D eigenvalue weighted by Crippen LogP contribution is -2.43. The molecule has 0 bridgehead atoms. The summed E-state index contributed by atoms with van der Waals surface area (Å²) in [5.41, 5.74) is 2.06. The second-order valence-corrected chi connectivity index (χ2v) is 6.33. The van der Waals surface area contributed by atoms with Crippen molar-refractivity contribution in [3.8, 4) is 6.07 Å². The zero-order chi connectivity index (χ0) is 16.6. The van der Waals surface area contributed by atoms with Crippen molar-refractivity contribution >= 4 is 34.2 Å². The van der Waals surface area contributed by atoms with E-state index in [-0.39, 0.29) is 12.0 Å². The van der Waals surface area contributed by atoms with Crippen molar-refractivity contribution in [3.63, 3.8) is 0 Å². The number of aromatic nitrogens is 1. The molecule has 1 aromatic carbocycles. The number of carboxylic acids is 1. The monoisotopic (exact) mass is 329 g/mol. The quantitative estimate of drug-likeness (QED) is 0.913. The highest BCUT2D eigenvalue weighted by Crippen LogP contribution is 2.36. The van der Waals surface area contributed by atoms with E-state index in [9.17, 15) is 15.2 Å². The zero-order valence-corrected chi connectivity index (χ0v) is 13.4. The van der Waals surface area contributed by atoms with Gasteiger partial charge in [-0.05, 0) is 38.0 Å². The Morgan fingerprint density at radius 2 is 2.30 bits per heavy atom. The van der Waals surface area contributed by atoms with Crippen LogP contribution in [0, 0.1) is 17.2 Å². The van der Waals surface area contributed by atoms with Gasteiger partial charge in [0, 0.05) is 29.2 Å². The first-order chi connectivity index (χ1) is 11.0. The maximum atomic E-state index is 11.2. The summed E-state index contributed by atoms with van der Waals surface area (Å²) in [5, 5.41) is 20.1. The van der Waals surface area contributed by atoms with Crippen LogP contribution in [0.15, 0.2) is 24.4 Å². The van der Waals surface area contributed by atoms with Gasteiger partial charge in [0.1, 0.15) is 6.07 Å². The van der Waals surface area contributed by atoms with E-state index in [1.807, 2.05) is 19.1 Å². The lowest BCUT2D eigenvalue weighted by molar-refractivity contribution is -0.142. The van der Waals surface area contributed by atoms with Gasteiger partial charge in [0.25, 0.3) is 0 Å². The number of carbonyl (C=O) groups is 1. The fourth-order valence-corrected chi connectivity index (χ4v) is 3.44. The van der Waals surface area contributed by atoms with Gasteiger partial charge in [-0.1, -0.05) is 11.6 Å². The number of nitrogens with zero attached hydrogens (tertiary/aromatic N) is 3. The number of anilines is 1. The molecule has 1 fully saturated rings. The smallest absolute Gasteiger partial charge is 0.306 e. The van der Waals surface area contributed by atoms with E-state index in [0.29, 0.717) is 30.0 Å². The van der Waals surface area contributed by atoms with E-state index in [0.717, 1.165) is 16.6 Å². The number of nitriles is 1. The predicted octanol–water partition coefficient (Wildman–Crippen LogP) is 3.45. The molecular formula is C17H16ClN3O2. The Kier molecular flexibility index (Phi) is 4.10. The Hall–Kier alpha value is -2.32. The molecule has 0 saturated carbocycles. The molecule has 0 unspecified atom stereocenters. The number of carboxylic acid groups (broad SMARTS) is 1. The van der Waals surface area contributed by atoms with Crippen molar-refractivity contribution in [1.82, 2.24) is 4.98 Å². The normalized spacial score (nSPS) is 21.2. The molecule has 1 aromatic heterocycles. The van der Waals surface area contributed by atoms with Crippen LogP contribution in [-0.4, -0.2) is 28.6 Å². The van der Waals surface area contributed by atoms with Crippen LogP contribution in [0.2, 0.25) is 5.02 Å². The number of rotatable bonds is 2.